The van der Waals surface area contributed by atoms with Gasteiger partial charge in [-0.1, -0.05) is 0 Å². The van der Waals surface area contributed by atoms with Crippen molar-refractivity contribution < 1.29 is 24.6 Å². The summed E-state index contributed by atoms with van der Waals surface area (Å²) < 4.78 is 0. The standard InChI is InChI=1S/C13H20N2O5/c16-11(17)5-10(12(18)19)14-13(20)15(6-8-1-2-8)7-9-3-4-9/h8-10H,1-7H2,(H,14,20)(H,16,17)(H,18,19). The molecule has 2 aliphatic carbocycles. The molecule has 2 saturated carbocycles. The first-order valence-electron chi connectivity index (χ1n) is 6.95. The van der Waals surface area contributed by atoms with Crippen molar-refractivity contribution in [3.63, 3.8) is 0 Å². The van der Waals surface area contributed by atoms with Crippen LogP contribution in [0.25, 0.3) is 0 Å². The SMILES string of the molecule is O=C(O)CC(NC(=O)N(CC1CC1)CC1CC1)C(=O)O. The molecule has 0 aliphatic heterocycles. The minimum Gasteiger partial charge on any atom is -0.481 e. The smallest absolute Gasteiger partial charge is 0.326 e. The van der Waals surface area contributed by atoms with E-state index < -0.39 is 30.4 Å². The molecule has 2 amide bonds. The molecule has 0 saturated heterocycles. The van der Waals surface area contributed by atoms with Crippen molar-refractivity contribution in [2.24, 2.45) is 11.8 Å². The van der Waals surface area contributed by atoms with Crippen LogP contribution in [0, 0.1) is 11.8 Å². The summed E-state index contributed by atoms with van der Waals surface area (Å²) in [6.45, 7) is 1.28. The van der Waals surface area contributed by atoms with Crippen LogP contribution in [0.4, 0.5) is 4.79 Å². The molecule has 0 aromatic heterocycles. The van der Waals surface area contributed by atoms with Gasteiger partial charge in [-0.3, -0.25) is 4.79 Å². The molecule has 0 aromatic rings. The van der Waals surface area contributed by atoms with E-state index in [-0.39, 0.29) is 0 Å². The van der Waals surface area contributed by atoms with E-state index in [0.29, 0.717) is 24.9 Å². The Morgan fingerprint density at radius 1 is 1.05 bits per heavy atom. The van der Waals surface area contributed by atoms with Crippen molar-refractivity contribution in [1.29, 1.82) is 0 Å². The molecule has 0 spiro atoms. The van der Waals surface area contributed by atoms with Crippen LogP contribution in [0.15, 0.2) is 0 Å². The minimum absolute atomic E-state index is 0.461. The molecule has 0 heterocycles. The molecule has 3 N–H and O–H groups in total. The highest BCUT2D eigenvalue weighted by molar-refractivity contribution is 5.86. The Labute approximate surface area is 116 Å². The summed E-state index contributed by atoms with van der Waals surface area (Å²) in [7, 11) is 0. The summed E-state index contributed by atoms with van der Waals surface area (Å²) in [5, 5.41) is 19.9. The quantitative estimate of drug-likeness (QED) is 0.609. The first-order chi connectivity index (χ1) is 9.45. The van der Waals surface area contributed by atoms with E-state index in [1.807, 2.05) is 0 Å². The van der Waals surface area contributed by atoms with Crippen molar-refractivity contribution in [3.8, 4) is 0 Å². The van der Waals surface area contributed by atoms with Gasteiger partial charge in [0.15, 0.2) is 0 Å². The molecule has 2 aliphatic rings. The number of urea groups is 1. The maximum Gasteiger partial charge on any atom is 0.326 e. The van der Waals surface area contributed by atoms with Crippen molar-refractivity contribution in [3.05, 3.63) is 0 Å². The van der Waals surface area contributed by atoms with Crippen LogP contribution < -0.4 is 5.32 Å². The molecule has 1 unspecified atom stereocenters. The van der Waals surface area contributed by atoms with Gasteiger partial charge in [-0.2, -0.15) is 0 Å². The van der Waals surface area contributed by atoms with Gasteiger partial charge in [0, 0.05) is 13.1 Å². The van der Waals surface area contributed by atoms with E-state index in [1.54, 1.807) is 4.90 Å². The number of hydrogen-bond acceptors (Lipinski definition) is 3. The fourth-order valence-corrected chi connectivity index (χ4v) is 2.08. The van der Waals surface area contributed by atoms with Gasteiger partial charge in [-0.25, -0.2) is 9.59 Å². The van der Waals surface area contributed by atoms with E-state index in [9.17, 15) is 14.4 Å². The molecule has 112 valence electrons. The zero-order chi connectivity index (χ0) is 14.7. The normalized spacial score (nSPS) is 19.2. The second-order valence-corrected chi connectivity index (χ2v) is 5.73. The van der Waals surface area contributed by atoms with Crippen LogP contribution in [0.3, 0.4) is 0 Å². The van der Waals surface area contributed by atoms with Gasteiger partial charge in [-0.05, 0) is 37.5 Å². The molecule has 2 rings (SSSR count). The van der Waals surface area contributed by atoms with Crippen molar-refractivity contribution in [1.82, 2.24) is 10.2 Å². The monoisotopic (exact) mass is 284 g/mol. The van der Waals surface area contributed by atoms with Gasteiger partial charge in [0.05, 0.1) is 6.42 Å². The Hall–Kier alpha value is -1.79. The minimum atomic E-state index is -1.37. The molecule has 0 radical (unpaired) electrons. The Balaban J connectivity index is 1.89. The summed E-state index contributed by atoms with van der Waals surface area (Å²) in [6.07, 6.45) is 3.80. The zero-order valence-corrected chi connectivity index (χ0v) is 11.2. The number of nitrogens with one attached hydrogen (secondary N) is 1. The van der Waals surface area contributed by atoms with Crippen molar-refractivity contribution >= 4 is 18.0 Å². The molecule has 0 bridgehead atoms. The van der Waals surface area contributed by atoms with Crippen LogP contribution in [0.2, 0.25) is 0 Å². The Morgan fingerprint density at radius 2 is 1.55 bits per heavy atom. The molecule has 7 nitrogen and oxygen atoms in total. The summed E-state index contributed by atoms with van der Waals surface area (Å²) in [4.78, 5) is 35.3. The topological polar surface area (TPSA) is 107 Å². The number of carboxylic acid groups (broad SMARTS) is 2. The third-order valence-corrected chi connectivity index (χ3v) is 3.61. The van der Waals surface area contributed by atoms with Gasteiger partial charge in [-0.15, -0.1) is 0 Å². The lowest BCUT2D eigenvalue weighted by Crippen LogP contribution is -2.49. The molecular formula is C13H20N2O5. The summed E-state index contributed by atoms with van der Waals surface area (Å²) >= 11 is 0. The number of carbonyl (C=O) groups excluding carboxylic acids is 1. The highest BCUT2D eigenvalue weighted by atomic mass is 16.4. The van der Waals surface area contributed by atoms with E-state index >= 15 is 0 Å². The maximum absolute atomic E-state index is 12.1. The van der Waals surface area contributed by atoms with Gasteiger partial charge in [0.25, 0.3) is 0 Å². The summed E-state index contributed by atoms with van der Waals surface area (Å²) in [5.41, 5.74) is 0. The number of carboxylic acids is 2. The van der Waals surface area contributed by atoms with Crippen molar-refractivity contribution in [2.45, 2.75) is 38.1 Å². The summed E-state index contributed by atoms with van der Waals surface area (Å²) in [6, 6.07) is -1.83. The van der Waals surface area contributed by atoms with E-state index in [2.05, 4.69) is 5.32 Å². The van der Waals surface area contributed by atoms with Gasteiger partial charge >= 0.3 is 18.0 Å². The number of aliphatic carboxylic acids is 2. The number of carbonyl (C=O) groups is 3. The maximum atomic E-state index is 12.1. The number of rotatable bonds is 8. The zero-order valence-electron chi connectivity index (χ0n) is 11.2. The lowest BCUT2D eigenvalue weighted by atomic mass is 10.2. The first kappa shape index (κ1) is 14.6. The third kappa shape index (κ3) is 4.71. The van der Waals surface area contributed by atoms with Crippen LogP contribution in [-0.4, -0.2) is 52.2 Å². The van der Waals surface area contributed by atoms with Gasteiger partial charge < -0.3 is 20.4 Å². The Morgan fingerprint density at radius 3 is 1.90 bits per heavy atom. The Bertz CT molecular complexity index is 390. The van der Waals surface area contributed by atoms with Crippen LogP contribution >= 0.6 is 0 Å². The average Bonchev–Trinajstić information content (AvgIpc) is 3.21. The van der Waals surface area contributed by atoms with Crippen LogP contribution in [0.5, 0.6) is 0 Å². The molecule has 7 heteroatoms. The fraction of sp³-hybridized carbons (Fsp3) is 0.769. The second kappa shape index (κ2) is 6.11. The first-order valence-corrected chi connectivity index (χ1v) is 6.95. The lowest BCUT2D eigenvalue weighted by molar-refractivity contribution is -0.145. The molecule has 0 aromatic carbocycles. The largest absolute Gasteiger partial charge is 0.481 e. The fourth-order valence-electron chi connectivity index (χ4n) is 2.08. The molecule has 1 atom stereocenters. The summed E-state index contributed by atoms with van der Waals surface area (Å²) in [5.74, 6) is -1.53. The van der Waals surface area contributed by atoms with E-state index in [0.717, 1.165) is 25.7 Å². The predicted molar refractivity (Wildman–Crippen MR) is 69.2 cm³/mol. The lowest BCUT2D eigenvalue weighted by Gasteiger charge is -2.24. The third-order valence-electron chi connectivity index (χ3n) is 3.61. The van der Waals surface area contributed by atoms with Gasteiger partial charge in [0.2, 0.25) is 0 Å². The van der Waals surface area contributed by atoms with Crippen LogP contribution in [0.1, 0.15) is 32.1 Å². The second-order valence-electron chi connectivity index (χ2n) is 5.73. The van der Waals surface area contributed by atoms with Crippen molar-refractivity contribution in [2.75, 3.05) is 13.1 Å². The number of nitrogens with zero attached hydrogens (tertiary/aromatic N) is 1. The predicted octanol–water partition coefficient (Wildman–Crippen LogP) is 0.746. The Kier molecular flexibility index (Phi) is 4.46. The number of hydrogen-bond donors (Lipinski definition) is 3. The number of amides is 2. The molecule has 20 heavy (non-hydrogen) atoms. The van der Waals surface area contributed by atoms with Gasteiger partial charge in [0.1, 0.15) is 6.04 Å². The van der Waals surface area contributed by atoms with Crippen LogP contribution in [-0.2, 0) is 9.59 Å². The van der Waals surface area contributed by atoms with E-state index in [1.165, 1.54) is 0 Å². The highest BCUT2D eigenvalue weighted by Crippen LogP contribution is 2.33. The average molecular weight is 284 g/mol. The highest BCUT2D eigenvalue weighted by Gasteiger charge is 2.33. The molecular weight excluding hydrogens is 264 g/mol. The molecule has 2 fully saturated rings. The van der Waals surface area contributed by atoms with E-state index in [4.69, 9.17) is 10.2 Å².